The maximum Gasteiger partial charge on any atom is 0.259 e. The number of likely N-dealkylation sites (tertiary alicyclic amines) is 1. The largest absolute Gasteiger partial charge is 0.375 e. The lowest BCUT2D eigenvalue weighted by molar-refractivity contribution is -0.916. The van der Waals surface area contributed by atoms with Crippen LogP contribution in [0.15, 0.2) is 54.6 Å². The van der Waals surface area contributed by atoms with Crippen molar-refractivity contribution >= 4 is 5.91 Å². The lowest BCUT2D eigenvalue weighted by Crippen LogP contribution is -2.58. The van der Waals surface area contributed by atoms with E-state index in [1.807, 2.05) is 47.4 Å². The smallest absolute Gasteiger partial charge is 0.259 e. The van der Waals surface area contributed by atoms with E-state index in [0.717, 1.165) is 67.1 Å². The van der Waals surface area contributed by atoms with Gasteiger partial charge in [-0.05, 0) is 36.1 Å². The summed E-state index contributed by atoms with van der Waals surface area (Å²) >= 11 is 0. The summed E-state index contributed by atoms with van der Waals surface area (Å²) in [7, 11) is 4.51. The third kappa shape index (κ3) is 5.15. The Kier molecular flexibility index (Phi) is 7.20. The fourth-order valence-electron chi connectivity index (χ4n) is 5.83. The molecule has 0 aromatic heterocycles. The van der Waals surface area contributed by atoms with Gasteiger partial charge in [-0.3, -0.25) is 4.79 Å². The van der Waals surface area contributed by atoms with Gasteiger partial charge >= 0.3 is 0 Å². The van der Waals surface area contributed by atoms with E-state index in [1.165, 1.54) is 12.1 Å². The van der Waals surface area contributed by atoms with Crippen molar-refractivity contribution in [1.29, 1.82) is 0 Å². The number of hydrogen-bond donors (Lipinski definition) is 1. The summed E-state index contributed by atoms with van der Waals surface area (Å²) in [6, 6.07) is 16.8. The third-order valence-electron chi connectivity index (χ3n) is 8.12. The van der Waals surface area contributed by atoms with Crippen LogP contribution in [0.25, 0.3) is 0 Å². The van der Waals surface area contributed by atoms with Crippen molar-refractivity contribution in [3.05, 3.63) is 71.5 Å². The maximum absolute atomic E-state index is 13.7. The molecule has 2 aromatic carbocycles. The minimum absolute atomic E-state index is 0.00643. The predicted molar refractivity (Wildman–Crippen MR) is 129 cm³/mol. The Bertz CT molecular complexity index is 917. The van der Waals surface area contributed by atoms with Crippen molar-refractivity contribution in [3.8, 4) is 0 Å². The second-order valence-corrected chi connectivity index (χ2v) is 10.5. The lowest BCUT2D eigenvalue weighted by atomic mass is 9.78. The van der Waals surface area contributed by atoms with Crippen LogP contribution in [0.5, 0.6) is 0 Å². The molecular formula is C28H38FN2O2+. The van der Waals surface area contributed by atoms with Gasteiger partial charge in [-0.25, -0.2) is 4.39 Å². The van der Waals surface area contributed by atoms with Gasteiger partial charge < -0.3 is 14.5 Å². The highest BCUT2D eigenvalue weighted by molar-refractivity contribution is 5.87. The van der Waals surface area contributed by atoms with Crippen LogP contribution >= 0.6 is 0 Å². The van der Waals surface area contributed by atoms with E-state index >= 15 is 0 Å². The van der Waals surface area contributed by atoms with Crippen LogP contribution in [0.1, 0.15) is 49.7 Å². The number of hydrogen-bond acceptors (Lipinski definition) is 2. The van der Waals surface area contributed by atoms with Gasteiger partial charge in [-0.1, -0.05) is 55.3 Å². The summed E-state index contributed by atoms with van der Waals surface area (Å²) in [5, 5.41) is 11.8. The highest BCUT2D eigenvalue weighted by atomic mass is 19.1. The van der Waals surface area contributed by atoms with Gasteiger partial charge in [0.1, 0.15) is 5.82 Å². The molecule has 1 saturated carbocycles. The van der Waals surface area contributed by atoms with E-state index in [4.69, 9.17) is 0 Å². The fourth-order valence-corrected chi connectivity index (χ4v) is 5.83. The van der Waals surface area contributed by atoms with Crippen molar-refractivity contribution in [2.24, 2.45) is 5.92 Å². The zero-order valence-electron chi connectivity index (χ0n) is 20.0. The first kappa shape index (κ1) is 23.9. The minimum Gasteiger partial charge on any atom is -0.375 e. The molecule has 4 nitrogen and oxygen atoms in total. The number of amides is 1. The summed E-state index contributed by atoms with van der Waals surface area (Å²) in [6.07, 6.45) is 6.73. The molecule has 2 aromatic rings. The molecule has 5 heteroatoms. The van der Waals surface area contributed by atoms with Crippen LogP contribution in [0.4, 0.5) is 4.39 Å². The van der Waals surface area contributed by atoms with E-state index in [9.17, 15) is 14.3 Å². The molecule has 1 saturated heterocycles. The number of carbonyl (C=O) groups excluding carboxylic acids is 1. The van der Waals surface area contributed by atoms with Gasteiger partial charge in [0.2, 0.25) is 0 Å². The Labute approximate surface area is 197 Å². The first-order valence-electron chi connectivity index (χ1n) is 12.4. The molecule has 1 N–H and O–H groups in total. The molecule has 1 heterocycles. The van der Waals surface area contributed by atoms with Gasteiger partial charge in [0, 0.05) is 38.3 Å². The first-order valence-corrected chi connectivity index (χ1v) is 12.4. The number of nitrogens with zero attached hydrogens (tertiary/aromatic N) is 2. The highest BCUT2D eigenvalue weighted by Crippen LogP contribution is 2.42. The molecule has 1 unspecified atom stereocenters. The summed E-state index contributed by atoms with van der Waals surface area (Å²) < 4.78 is 14.1. The first-order chi connectivity index (χ1) is 15.8. The third-order valence-corrected chi connectivity index (χ3v) is 8.12. The minimum atomic E-state index is -1.42. The average molecular weight is 454 g/mol. The molecule has 1 atom stereocenters. The molecule has 0 radical (unpaired) electrons. The van der Waals surface area contributed by atoms with Gasteiger partial charge in [0.05, 0.1) is 26.7 Å². The van der Waals surface area contributed by atoms with Crippen molar-refractivity contribution in [2.45, 2.75) is 56.6 Å². The molecule has 33 heavy (non-hydrogen) atoms. The van der Waals surface area contributed by atoms with Crippen LogP contribution < -0.4 is 0 Å². The Morgan fingerprint density at radius 2 is 1.61 bits per heavy atom. The molecule has 2 aliphatic rings. The molecular weight excluding hydrogens is 415 g/mol. The van der Waals surface area contributed by atoms with E-state index in [2.05, 4.69) is 14.1 Å². The zero-order valence-corrected chi connectivity index (χ0v) is 20.0. The maximum atomic E-state index is 13.7. The number of benzene rings is 2. The van der Waals surface area contributed by atoms with Crippen LogP contribution in [0.2, 0.25) is 0 Å². The summed E-state index contributed by atoms with van der Waals surface area (Å²) in [5.41, 5.74) is 0.469. The van der Waals surface area contributed by atoms with E-state index in [0.29, 0.717) is 19.1 Å². The lowest BCUT2D eigenvalue weighted by Gasteiger charge is -2.45. The van der Waals surface area contributed by atoms with Crippen LogP contribution in [-0.2, 0) is 16.8 Å². The quantitative estimate of drug-likeness (QED) is 0.627. The SMILES string of the molecule is C[N+](C)(CCc1ccc(F)cc1)C1CCN(C(=O)C(O)(c2ccccc2)C2CCCC2)CC1. The molecule has 178 valence electrons. The fraction of sp³-hybridized carbons (Fsp3) is 0.536. The van der Waals surface area contributed by atoms with Crippen molar-refractivity contribution in [2.75, 3.05) is 33.7 Å². The Balaban J connectivity index is 1.40. The number of rotatable bonds is 7. The number of halogens is 1. The van der Waals surface area contributed by atoms with E-state index in [1.54, 1.807) is 0 Å². The monoisotopic (exact) mass is 453 g/mol. The second kappa shape index (κ2) is 9.94. The number of likely N-dealkylation sites (N-methyl/N-ethyl adjacent to an activating group) is 1. The molecule has 1 aliphatic heterocycles. The number of aliphatic hydroxyl groups is 1. The molecule has 0 spiro atoms. The number of quaternary nitrogens is 1. The summed E-state index contributed by atoms with van der Waals surface area (Å²) in [5.74, 6) is -0.318. The Morgan fingerprint density at radius 1 is 1.00 bits per heavy atom. The van der Waals surface area contributed by atoms with Crippen LogP contribution in [0, 0.1) is 11.7 Å². The molecule has 2 fully saturated rings. The topological polar surface area (TPSA) is 40.5 Å². The standard InChI is InChI=1S/C28H38FN2O2/c1-31(2,21-18-22-12-14-25(29)15-13-22)26-16-19-30(20-17-26)27(32)28(33,24-10-6-7-11-24)23-8-4-3-5-9-23/h3-5,8-9,12-15,24,26,33H,6-7,10-11,16-21H2,1-2H3/q+1. The van der Waals surface area contributed by atoms with Gasteiger partial charge in [-0.15, -0.1) is 0 Å². The van der Waals surface area contributed by atoms with Crippen molar-refractivity contribution in [1.82, 2.24) is 4.90 Å². The summed E-state index contributed by atoms with van der Waals surface area (Å²) in [4.78, 5) is 15.6. The normalized spacial score (nSPS) is 20.1. The predicted octanol–water partition coefficient (Wildman–Crippen LogP) is 4.51. The van der Waals surface area contributed by atoms with Crippen molar-refractivity contribution < 1.29 is 18.8 Å². The van der Waals surface area contributed by atoms with E-state index in [-0.39, 0.29) is 17.6 Å². The highest BCUT2D eigenvalue weighted by Gasteiger charge is 2.49. The van der Waals surface area contributed by atoms with Crippen molar-refractivity contribution in [3.63, 3.8) is 0 Å². The Morgan fingerprint density at radius 3 is 2.21 bits per heavy atom. The molecule has 1 amide bonds. The van der Waals surface area contributed by atoms with Gasteiger partial charge in [-0.2, -0.15) is 0 Å². The summed E-state index contributed by atoms with van der Waals surface area (Å²) in [6.45, 7) is 2.34. The van der Waals surface area contributed by atoms with Gasteiger partial charge in [0.25, 0.3) is 5.91 Å². The van der Waals surface area contributed by atoms with Gasteiger partial charge in [0.15, 0.2) is 5.60 Å². The Hall–Kier alpha value is -2.24. The number of piperidine rings is 1. The molecule has 0 bridgehead atoms. The molecule has 1 aliphatic carbocycles. The number of carbonyl (C=O) groups is 1. The average Bonchev–Trinajstić information content (AvgIpc) is 3.39. The zero-order chi connectivity index (χ0) is 23.5. The second-order valence-electron chi connectivity index (χ2n) is 10.5. The molecule has 4 rings (SSSR count). The van der Waals surface area contributed by atoms with Crippen LogP contribution in [-0.4, -0.2) is 60.2 Å². The van der Waals surface area contributed by atoms with E-state index < -0.39 is 5.60 Å². The van der Waals surface area contributed by atoms with Crippen LogP contribution in [0.3, 0.4) is 0 Å².